The lowest BCUT2D eigenvalue weighted by molar-refractivity contribution is -0.114. The average Bonchev–Trinajstić information content (AvgIpc) is 2.96. The third-order valence-corrected chi connectivity index (χ3v) is 5.03. The van der Waals surface area contributed by atoms with Gasteiger partial charge in [0, 0.05) is 17.9 Å². The molecular weight excluding hydrogens is 310 g/mol. The summed E-state index contributed by atoms with van der Waals surface area (Å²) in [6.07, 6.45) is 4.66. The van der Waals surface area contributed by atoms with Crippen LogP contribution in [0.1, 0.15) is 41.3 Å². The van der Waals surface area contributed by atoms with Gasteiger partial charge < -0.3 is 10.1 Å². The molecule has 120 valence electrons. The molecule has 0 bridgehead atoms. The fourth-order valence-electron chi connectivity index (χ4n) is 3.03. The molecular formula is C18H19NO3S. The quantitative estimate of drug-likeness (QED) is 0.865. The van der Waals surface area contributed by atoms with Crippen LogP contribution in [0, 0.1) is 0 Å². The summed E-state index contributed by atoms with van der Waals surface area (Å²) >= 11 is 1.35. The number of rotatable bonds is 3. The molecule has 0 fully saturated rings. The van der Waals surface area contributed by atoms with Gasteiger partial charge in [0.15, 0.2) is 0 Å². The van der Waals surface area contributed by atoms with Crippen molar-refractivity contribution in [3.05, 3.63) is 40.3 Å². The molecule has 3 rings (SSSR count). The van der Waals surface area contributed by atoms with Gasteiger partial charge in [-0.1, -0.05) is 18.2 Å². The molecule has 1 heterocycles. The van der Waals surface area contributed by atoms with Crippen molar-refractivity contribution in [3.63, 3.8) is 0 Å². The standard InChI is InChI=1S/C18H19NO3S/c1-11(20)19-17-16(18(21)22-2)15(10-23-17)14-8-7-12-5-3-4-6-13(12)9-14/h7-10H,3-6H2,1-2H3,(H,19,20). The minimum absolute atomic E-state index is 0.200. The van der Waals surface area contributed by atoms with Crippen LogP contribution in [-0.2, 0) is 22.4 Å². The van der Waals surface area contributed by atoms with Crippen molar-refractivity contribution < 1.29 is 14.3 Å². The lowest BCUT2D eigenvalue weighted by Crippen LogP contribution is -2.10. The van der Waals surface area contributed by atoms with Crippen molar-refractivity contribution in [2.24, 2.45) is 0 Å². The maximum atomic E-state index is 12.2. The maximum absolute atomic E-state index is 12.2. The van der Waals surface area contributed by atoms with Gasteiger partial charge in [0.25, 0.3) is 0 Å². The van der Waals surface area contributed by atoms with E-state index in [9.17, 15) is 9.59 Å². The van der Waals surface area contributed by atoms with Crippen molar-refractivity contribution in [1.29, 1.82) is 0 Å². The fraction of sp³-hybridized carbons (Fsp3) is 0.333. The van der Waals surface area contributed by atoms with E-state index in [1.807, 2.05) is 5.38 Å². The second-order valence-electron chi connectivity index (χ2n) is 5.72. The van der Waals surface area contributed by atoms with E-state index in [4.69, 9.17) is 4.74 Å². The van der Waals surface area contributed by atoms with Crippen molar-refractivity contribution in [3.8, 4) is 11.1 Å². The topological polar surface area (TPSA) is 55.4 Å². The molecule has 1 aliphatic carbocycles. The summed E-state index contributed by atoms with van der Waals surface area (Å²) in [4.78, 5) is 23.5. The van der Waals surface area contributed by atoms with Crippen molar-refractivity contribution in [1.82, 2.24) is 0 Å². The van der Waals surface area contributed by atoms with E-state index in [0.29, 0.717) is 10.6 Å². The number of carbonyl (C=O) groups excluding carboxylic acids is 2. The van der Waals surface area contributed by atoms with E-state index >= 15 is 0 Å². The molecule has 1 aromatic carbocycles. The normalized spacial score (nSPS) is 13.3. The van der Waals surface area contributed by atoms with Gasteiger partial charge in [0.05, 0.1) is 7.11 Å². The highest BCUT2D eigenvalue weighted by atomic mass is 32.1. The third kappa shape index (κ3) is 3.15. The Hall–Kier alpha value is -2.14. The van der Waals surface area contributed by atoms with Gasteiger partial charge in [0.2, 0.25) is 5.91 Å². The molecule has 1 aliphatic rings. The zero-order chi connectivity index (χ0) is 16.4. The Kier molecular flexibility index (Phi) is 4.48. The summed E-state index contributed by atoms with van der Waals surface area (Å²) in [5, 5.41) is 5.16. The number of esters is 1. The largest absolute Gasteiger partial charge is 0.465 e. The minimum atomic E-state index is -0.428. The summed E-state index contributed by atoms with van der Waals surface area (Å²) in [5.41, 5.74) is 5.01. The molecule has 5 heteroatoms. The number of methoxy groups -OCH3 is 1. The Labute approximate surface area is 139 Å². The molecule has 0 saturated heterocycles. The highest BCUT2D eigenvalue weighted by molar-refractivity contribution is 7.15. The van der Waals surface area contributed by atoms with Crippen LogP contribution in [0.2, 0.25) is 0 Å². The number of ether oxygens (including phenoxy) is 1. The van der Waals surface area contributed by atoms with Crippen LogP contribution in [0.25, 0.3) is 11.1 Å². The van der Waals surface area contributed by atoms with Gasteiger partial charge in [-0.25, -0.2) is 4.79 Å². The molecule has 4 nitrogen and oxygen atoms in total. The number of thiophene rings is 1. The summed E-state index contributed by atoms with van der Waals surface area (Å²) < 4.78 is 4.91. The number of amides is 1. The van der Waals surface area contributed by atoms with Gasteiger partial charge in [-0.2, -0.15) is 0 Å². The Bertz CT molecular complexity index is 764. The SMILES string of the molecule is COC(=O)c1c(-c2ccc3c(c2)CCCC3)csc1NC(C)=O. The van der Waals surface area contributed by atoms with E-state index in [1.54, 1.807) is 0 Å². The smallest absolute Gasteiger partial charge is 0.341 e. The highest BCUT2D eigenvalue weighted by Gasteiger charge is 2.22. The Morgan fingerprint density at radius 2 is 1.91 bits per heavy atom. The summed E-state index contributed by atoms with van der Waals surface area (Å²) in [6.45, 7) is 1.43. The fourth-order valence-corrected chi connectivity index (χ4v) is 4.03. The van der Waals surface area contributed by atoms with Crippen LogP contribution >= 0.6 is 11.3 Å². The maximum Gasteiger partial charge on any atom is 0.341 e. The first kappa shape index (κ1) is 15.7. The molecule has 0 saturated carbocycles. The minimum Gasteiger partial charge on any atom is -0.465 e. The van der Waals surface area contributed by atoms with Crippen LogP contribution in [0.15, 0.2) is 23.6 Å². The van der Waals surface area contributed by atoms with Gasteiger partial charge in [-0.05, 0) is 42.4 Å². The number of nitrogens with one attached hydrogen (secondary N) is 1. The lowest BCUT2D eigenvalue weighted by atomic mass is 9.89. The van der Waals surface area contributed by atoms with Gasteiger partial charge in [0.1, 0.15) is 10.6 Å². The number of hydrogen-bond donors (Lipinski definition) is 1. The predicted molar refractivity (Wildman–Crippen MR) is 92.0 cm³/mol. The molecule has 0 unspecified atom stereocenters. The number of carbonyl (C=O) groups is 2. The zero-order valence-electron chi connectivity index (χ0n) is 13.3. The lowest BCUT2D eigenvalue weighted by Gasteiger charge is -2.16. The zero-order valence-corrected chi connectivity index (χ0v) is 14.1. The number of hydrogen-bond acceptors (Lipinski definition) is 4. The number of anilines is 1. The highest BCUT2D eigenvalue weighted by Crippen LogP contribution is 2.37. The molecule has 2 aromatic rings. The molecule has 23 heavy (non-hydrogen) atoms. The van der Waals surface area contributed by atoms with Crippen LogP contribution in [0.4, 0.5) is 5.00 Å². The first-order chi connectivity index (χ1) is 11.1. The Morgan fingerprint density at radius 3 is 2.61 bits per heavy atom. The van der Waals surface area contributed by atoms with E-state index in [-0.39, 0.29) is 5.91 Å². The number of benzene rings is 1. The third-order valence-electron chi connectivity index (χ3n) is 4.13. The van der Waals surface area contributed by atoms with Gasteiger partial charge >= 0.3 is 5.97 Å². The van der Waals surface area contributed by atoms with Crippen molar-refractivity contribution in [2.75, 3.05) is 12.4 Å². The van der Waals surface area contributed by atoms with Crippen LogP contribution in [0.3, 0.4) is 0 Å². The predicted octanol–water partition coefficient (Wildman–Crippen LogP) is 4.04. The Balaban J connectivity index is 2.07. The van der Waals surface area contributed by atoms with Crippen LogP contribution in [-0.4, -0.2) is 19.0 Å². The van der Waals surface area contributed by atoms with E-state index < -0.39 is 5.97 Å². The van der Waals surface area contributed by atoms with Crippen LogP contribution < -0.4 is 5.32 Å². The van der Waals surface area contributed by atoms with Gasteiger partial charge in [-0.3, -0.25) is 4.79 Å². The molecule has 0 aliphatic heterocycles. The molecule has 0 atom stereocenters. The molecule has 1 amide bonds. The second-order valence-corrected chi connectivity index (χ2v) is 6.60. The number of fused-ring (bicyclic) bond motifs is 1. The second kappa shape index (κ2) is 6.54. The molecule has 1 N–H and O–H groups in total. The van der Waals surface area contributed by atoms with E-state index in [2.05, 4.69) is 23.5 Å². The summed E-state index contributed by atoms with van der Waals surface area (Å²) in [5.74, 6) is -0.628. The Morgan fingerprint density at radius 1 is 1.17 bits per heavy atom. The average molecular weight is 329 g/mol. The first-order valence-electron chi connectivity index (χ1n) is 7.69. The van der Waals surface area contributed by atoms with Crippen LogP contribution in [0.5, 0.6) is 0 Å². The first-order valence-corrected chi connectivity index (χ1v) is 8.57. The van der Waals surface area contributed by atoms with E-state index in [0.717, 1.165) is 24.0 Å². The summed E-state index contributed by atoms with van der Waals surface area (Å²) in [7, 11) is 1.36. The molecule has 1 aromatic heterocycles. The van der Waals surface area contributed by atoms with Crippen molar-refractivity contribution >= 4 is 28.2 Å². The number of aryl methyl sites for hydroxylation is 2. The van der Waals surface area contributed by atoms with Crippen molar-refractivity contribution in [2.45, 2.75) is 32.6 Å². The van der Waals surface area contributed by atoms with E-state index in [1.165, 1.54) is 49.3 Å². The summed E-state index contributed by atoms with van der Waals surface area (Å²) in [6, 6.07) is 6.37. The monoisotopic (exact) mass is 329 g/mol. The molecule has 0 spiro atoms. The van der Waals surface area contributed by atoms with Gasteiger partial charge in [-0.15, -0.1) is 11.3 Å². The molecule has 0 radical (unpaired) electrons.